The minimum absolute atomic E-state index is 0.755. The van der Waals surface area contributed by atoms with Gasteiger partial charge in [0.2, 0.25) is 0 Å². The first-order valence-electron chi connectivity index (χ1n) is 7.74. The molecule has 0 aliphatic rings. The summed E-state index contributed by atoms with van der Waals surface area (Å²) in [5.74, 6) is 0.824. The van der Waals surface area contributed by atoms with Crippen molar-refractivity contribution in [2.24, 2.45) is 0 Å². The number of hydrogen-bond donors (Lipinski definition) is 2. The highest BCUT2D eigenvalue weighted by Gasteiger charge is 2.08. The van der Waals surface area contributed by atoms with Gasteiger partial charge in [0.25, 0.3) is 0 Å². The van der Waals surface area contributed by atoms with Gasteiger partial charge in [-0.05, 0) is 17.5 Å². The molecule has 4 aromatic rings. The third kappa shape index (κ3) is 2.64. The van der Waals surface area contributed by atoms with Gasteiger partial charge in [-0.3, -0.25) is 9.97 Å². The molecule has 4 heteroatoms. The third-order valence-electron chi connectivity index (χ3n) is 4.06. The van der Waals surface area contributed by atoms with Gasteiger partial charge >= 0.3 is 0 Å². The number of hydrogen-bond acceptors (Lipinski definition) is 4. The molecule has 2 heterocycles. The Balaban J connectivity index is 1.97. The maximum atomic E-state index is 4.90. The monoisotopic (exact) mass is 319 g/mol. The van der Waals surface area contributed by atoms with E-state index in [1.165, 1.54) is 5.39 Å². The molecule has 0 bridgehead atoms. The van der Waals surface area contributed by atoms with Crippen molar-refractivity contribution in [1.29, 1.82) is 0 Å². The molecule has 0 amide bonds. The molecule has 0 aliphatic heterocycles. The van der Waals surface area contributed by atoms with Gasteiger partial charge in [-0.25, -0.2) is 0 Å². The Morgan fingerprint density at radius 2 is 1.61 bits per heavy atom. The molecule has 0 atom stereocenters. The van der Waals surface area contributed by atoms with Crippen LogP contribution in [0.5, 0.6) is 0 Å². The molecule has 0 saturated heterocycles. The molecule has 0 radical (unpaired) electrons. The van der Waals surface area contributed by atoms with E-state index in [0.717, 1.165) is 51.7 Å². The van der Waals surface area contributed by atoms with Crippen LogP contribution in [-0.4, -0.2) is 22.3 Å². The quantitative estimate of drug-likeness (QED) is 0.340. The summed E-state index contributed by atoms with van der Waals surface area (Å²) in [6, 6.07) is 16.8. The van der Waals surface area contributed by atoms with Crippen LogP contribution in [0.3, 0.4) is 0 Å². The molecule has 2 aromatic heterocycles. The maximum Gasteiger partial charge on any atom is 0.0806 e. The lowest BCUT2D eigenvalue weighted by molar-refractivity contribution is 0.719. The molecule has 1 N–H and O–H groups in total. The van der Waals surface area contributed by atoms with Gasteiger partial charge in [0, 0.05) is 41.2 Å². The van der Waals surface area contributed by atoms with Gasteiger partial charge in [-0.2, -0.15) is 12.6 Å². The van der Waals surface area contributed by atoms with E-state index in [4.69, 9.17) is 4.98 Å². The molecule has 0 fully saturated rings. The van der Waals surface area contributed by atoms with Crippen molar-refractivity contribution in [3.63, 3.8) is 0 Å². The maximum absolute atomic E-state index is 4.90. The molecule has 0 saturated carbocycles. The molecule has 0 spiro atoms. The number of nitrogens with one attached hydrogen (secondary N) is 1. The van der Waals surface area contributed by atoms with Gasteiger partial charge in [0.15, 0.2) is 0 Å². The van der Waals surface area contributed by atoms with Crippen LogP contribution < -0.4 is 5.32 Å². The van der Waals surface area contributed by atoms with Gasteiger partial charge < -0.3 is 5.32 Å². The Kier molecular flexibility index (Phi) is 3.85. The average Bonchev–Trinajstić information content (AvgIpc) is 2.61. The summed E-state index contributed by atoms with van der Waals surface area (Å²) in [6.07, 6.45) is 1.85. The van der Waals surface area contributed by atoms with E-state index in [1.807, 2.05) is 12.3 Å². The molecule has 23 heavy (non-hydrogen) atoms. The van der Waals surface area contributed by atoms with Gasteiger partial charge in [0.05, 0.1) is 16.7 Å². The SMILES string of the molecule is SCCNCc1ccc2ccc3ccc4cccnc4c3c2n1. The lowest BCUT2D eigenvalue weighted by Crippen LogP contribution is -2.16. The number of benzene rings is 2. The first-order chi connectivity index (χ1) is 11.4. The smallest absolute Gasteiger partial charge is 0.0806 e. The normalized spacial score (nSPS) is 11.5. The van der Waals surface area contributed by atoms with Crippen molar-refractivity contribution < 1.29 is 0 Å². The van der Waals surface area contributed by atoms with Gasteiger partial charge in [-0.15, -0.1) is 0 Å². The topological polar surface area (TPSA) is 37.8 Å². The van der Waals surface area contributed by atoms with Crippen molar-refractivity contribution >= 4 is 45.2 Å². The minimum atomic E-state index is 0.755. The Morgan fingerprint density at radius 3 is 2.43 bits per heavy atom. The van der Waals surface area contributed by atoms with E-state index in [1.54, 1.807) is 0 Å². The van der Waals surface area contributed by atoms with Crippen LogP contribution in [-0.2, 0) is 6.54 Å². The van der Waals surface area contributed by atoms with E-state index < -0.39 is 0 Å². The number of pyridine rings is 2. The van der Waals surface area contributed by atoms with Crippen LogP contribution in [0.2, 0.25) is 0 Å². The van der Waals surface area contributed by atoms with Gasteiger partial charge in [0.1, 0.15) is 0 Å². The first kappa shape index (κ1) is 14.4. The summed E-state index contributed by atoms with van der Waals surface area (Å²) in [5, 5.41) is 7.95. The van der Waals surface area contributed by atoms with Crippen molar-refractivity contribution in [2.45, 2.75) is 6.54 Å². The molecular weight excluding hydrogens is 302 g/mol. The summed E-state index contributed by atoms with van der Waals surface area (Å²) in [6.45, 7) is 1.63. The number of rotatable bonds is 4. The summed E-state index contributed by atoms with van der Waals surface area (Å²) < 4.78 is 0. The Morgan fingerprint density at radius 1 is 0.870 bits per heavy atom. The molecule has 3 nitrogen and oxygen atoms in total. The summed E-state index contributed by atoms with van der Waals surface area (Å²) >= 11 is 4.22. The second-order valence-electron chi connectivity index (χ2n) is 5.58. The van der Waals surface area contributed by atoms with E-state index in [0.29, 0.717) is 0 Å². The fourth-order valence-electron chi connectivity index (χ4n) is 2.97. The molecule has 0 aliphatic carbocycles. The number of fused-ring (bicyclic) bond motifs is 5. The lowest BCUT2D eigenvalue weighted by Gasteiger charge is -2.09. The zero-order valence-electron chi connectivity index (χ0n) is 12.7. The fourth-order valence-corrected chi connectivity index (χ4v) is 3.13. The molecule has 0 unspecified atom stereocenters. The highest BCUT2D eigenvalue weighted by molar-refractivity contribution is 7.80. The summed E-state index contributed by atoms with van der Waals surface area (Å²) in [5.41, 5.74) is 3.08. The Hall–Kier alpha value is -2.17. The lowest BCUT2D eigenvalue weighted by atomic mass is 10.0. The van der Waals surface area contributed by atoms with E-state index in [2.05, 4.69) is 65.4 Å². The fraction of sp³-hybridized carbons (Fsp3) is 0.158. The third-order valence-corrected chi connectivity index (χ3v) is 4.29. The molecule has 114 valence electrons. The van der Waals surface area contributed by atoms with Crippen LogP contribution in [0.1, 0.15) is 5.69 Å². The Bertz CT molecular complexity index is 992. The van der Waals surface area contributed by atoms with E-state index in [9.17, 15) is 0 Å². The largest absolute Gasteiger partial charge is 0.310 e. The minimum Gasteiger partial charge on any atom is -0.310 e. The number of thiol groups is 1. The van der Waals surface area contributed by atoms with Crippen molar-refractivity contribution in [3.05, 3.63) is 60.4 Å². The zero-order valence-corrected chi connectivity index (χ0v) is 13.6. The zero-order chi connectivity index (χ0) is 15.6. The van der Waals surface area contributed by atoms with Crippen molar-refractivity contribution in [3.8, 4) is 0 Å². The van der Waals surface area contributed by atoms with Crippen LogP contribution in [0, 0.1) is 0 Å². The highest BCUT2D eigenvalue weighted by Crippen LogP contribution is 2.29. The van der Waals surface area contributed by atoms with E-state index in [-0.39, 0.29) is 0 Å². The Labute approximate surface area is 140 Å². The molecule has 4 rings (SSSR count). The predicted octanol–water partition coefficient (Wildman–Crippen LogP) is 3.96. The second kappa shape index (κ2) is 6.14. The van der Waals surface area contributed by atoms with Crippen LogP contribution in [0.15, 0.2) is 54.7 Å². The first-order valence-corrected chi connectivity index (χ1v) is 8.38. The second-order valence-corrected chi connectivity index (χ2v) is 6.03. The van der Waals surface area contributed by atoms with Crippen LogP contribution in [0.25, 0.3) is 32.6 Å². The molecule has 2 aromatic carbocycles. The standard InChI is InChI=1S/C19H17N3S/c23-11-10-20-12-16-8-7-15-6-4-13-3-5-14-2-1-9-21-18(14)17(13)19(15)22-16/h1-9,20,23H,10-12H2. The molecular formula is C19H17N3S. The van der Waals surface area contributed by atoms with Gasteiger partial charge in [-0.1, -0.05) is 36.4 Å². The number of nitrogens with zero attached hydrogens (tertiary/aromatic N) is 2. The van der Waals surface area contributed by atoms with Crippen LogP contribution >= 0.6 is 12.6 Å². The highest BCUT2D eigenvalue weighted by atomic mass is 32.1. The number of aromatic nitrogens is 2. The summed E-state index contributed by atoms with van der Waals surface area (Å²) in [4.78, 5) is 9.50. The summed E-state index contributed by atoms with van der Waals surface area (Å²) in [7, 11) is 0. The average molecular weight is 319 g/mol. The van der Waals surface area contributed by atoms with Crippen LogP contribution in [0.4, 0.5) is 0 Å². The predicted molar refractivity (Wildman–Crippen MR) is 100 cm³/mol. The van der Waals surface area contributed by atoms with Crippen molar-refractivity contribution in [1.82, 2.24) is 15.3 Å². The van der Waals surface area contributed by atoms with E-state index >= 15 is 0 Å². The van der Waals surface area contributed by atoms with Crippen molar-refractivity contribution in [2.75, 3.05) is 12.3 Å².